The van der Waals surface area contributed by atoms with Crippen molar-refractivity contribution < 1.29 is 23.0 Å². The molecule has 84 valence electrons. The second kappa shape index (κ2) is 7.64. The maximum absolute atomic E-state index is 11.7. The van der Waals surface area contributed by atoms with Gasteiger partial charge in [0, 0.05) is 0 Å². The molecule has 14 heavy (non-hydrogen) atoms. The predicted octanol–water partition coefficient (Wildman–Crippen LogP) is 0.419. The quantitative estimate of drug-likeness (QED) is 0.620. The second-order valence-electron chi connectivity index (χ2n) is 2.52. The Morgan fingerprint density at radius 3 is 2.50 bits per heavy atom. The molecule has 0 aromatic heterocycles. The molecule has 4 nitrogen and oxygen atoms in total. The van der Waals surface area contributed by atoms with Crippen molar-refractivity contribution in [2.75, 3.05) is 26.9 Å². The summed E-state index contributed by atoms with van der Waals surface area (Å²) in [5, 5.41) is 2.62. The standard InChI is InChI=1S/C8H15F2NO3/c1-3-14-8(12)6(11-2)4-13-5-7(9)10/h6-7,11H,3-5H2,1-2H3. The van der Waals surface area contributed by atoms with Crippen molar-refractivity contribution in [2.45, 2.75) is 19.4 Å². The molecule has 0 aliphatic carbocycles. The van der Waals surface area contributed by atoms with E-state index >= 15 is 0 Å². The van der Waals surface area contributed by atoms with Gasteiger partial charge < -0.3 is 14.8 Å². The summed E-state index contributed by atoms with van der Waals surface area (Å²) in [7, 11) is 1.54. The summed E-state index contributed by atoms with van der Waals surface area (Å²) in [4.78, 5) is 11.1. The Balaban J connectivity index is 3.73. The fourth-order valence-electron chi connectivity index (χ4n) is 0.787. The first-order valence-electron chi connectivity index (χ1n) is 4.31. The van der Waals surface area contributed by atoms with Crippen molar-refractivity contribution in [3.05, 3.63) is 0 Å². The van der Waals surface area contributed by atoms with E-state index in [9.17, 15) is 13.6 Å². The molecule has 1 atom stereocenters. The minimum Gasteiger partial charge on any atom is -0.465 e. The van der Waals surface area contributed by atoms with E-state index in [0.29, 0.717) is 0 Å². The maximum Gasteiger partial charge on any atom is 0.325 e. The average molecular weight is 211 g/mol. The van der Waals surface area contributed by atoms with Crippen LogP contribution in [0.15, 0.2) is 0 Å². The highest BCUT2D eigenvalue weighted by molar-refractivity contribution is 5.75. The van der Waals surface area contributed by atoms with E-state index in [-0.39, 0.29) is 13.2 Å². The van der Waals surface area contributed by atoms with Crippen LogP contribution in [0.1, 0.15) is 6.92 Å². The van der Waals surface area contributed by atoms with Crippen molar-refractivity contribution in [3.8, 4) is 0 Å². The molecule has 0 aliphatic heterocycles. The van der Waals surface area contributed by atoms with Crippen LogP contribution in [-0.4, -0.2) is 45.3 Å². The highest BCUT2D eigenvalue weighted by Crippen LogP contribution is 1.95. The first-order chi connectivity index (χ1) is 6.61. The van der Waals surface area contributed by atoms with Crippen LogP contribution in [0.3, 0.4) is 0 Å². The van der Waals surface area contributed by atoms with Crippen LogP contribution in [0.2, 0.25) is 0 Å². The van der Waals surface area contributed by atoms with Crippen molar-refractivity contribution in [3.63, 3.8) is 0 Å². The van der Waals surface area contributed by atoms with E-state index in [4.69, 9.17) is 0 Å². The van der Waals surface area contributed by atoms with Gasteiger partial charge in [0.05, 0.1) is 13.2 Å². The molecule has 0 heterocycles. The molecule has 0 amide bonds. The Kier molecular flexibility index (Phi) is 7.23. The SMILES string of the molecule is CCOC(=O)C(COCC(F)F)NC. The average Bonchev–Trinajstić information content (AvgIpc) is 2.12. The van der Waals surface area contributed by atoms with Gasteiger partial charge in [0.2, 0.25) is 0 Å². The number of carbonyl (C=O) groups excluding carboxylic acids is 1. The van der Waals surface area contributed by atoms with Gasteiger partial charge in [-0.3, -0.25) is 4.79 Å². The van der Waals surface area contributed by atoms with Gasteiger partial charge in [-0.2, -0.15) is 0 Å². The minimum absolute atomic E-state index is 0.111. The lowest BCUT2D eigenvalue weighted by molar-refractivity contribution is -0.147. The fourth-order valence-corrected chi connectivity index (χ4v) is 0.787. The Labute approximate surface area is 81.6 Å². The van der Waals surface area contributed by atoms with Crippen molar-refractivity contribution in [1.82, 2.24) is 5.32 Å². The Morgan fingerprint density at radius 1 is 1.43 bits per heavy atom. The topological polar surface area (TPSA) is 47.6 Å². The van der Waals surface area contributed by atoms with E-state index in [1.165, 1.54) is 7.05 Å². The monoisotopic (exact) mass is 211 g/mol. The van der Waals surface area contributed by atoms with E-state index in [1.54, 1.807) is 6.92 Å². The molecule has 6 heteroatoms. The van der Waals surface area contributed by atoms with E-state index < -0.39 is 25.0 Å². The Bertz CT molecular complexity index is 167. The van der Waals surface area contributed by atoms with Crippen LogP contribution in [0.5, 0.6) is 0 Å². The summed E-state index contributed by atoms with van der Waals surface area (Å²) in [5.41, 5.74) is 0. The third-order valence-electron chi connectivity index (χ3n) is 1.45. The maximum atomic E-state index is 11.7. The normalized spacial score (nSPS) is 12.9. The molecule has 0 spiro atoms. The minimum atomic E-state index is -2.52. The molecule has 0 fully saturated rings. The fraction of sp³-hybridized carbons (Fsp3) is 0.875. The van der Waals surface area contributed by atoms with Crippen LogP contribution >= 0.6 is 0 Å². The second-order valence-corrected chi connectivity index (χ2v) is 2.52. The molecule has 0 saturated carbocycles. The number of esters is 1. The van der Waals surface area contributed by atoms with Crippen LogP contribution in [0, 0.1) is 0 Å². The summed E-state index contributed by atoms with van der Waals surface area (Å²) in [6, 6.07) is -0.686. The number of likely N-dealkylation sites (N-methyl/N-ethyl adjacent to an activating group) is 1. The first kappa shape index (κ1) is 13.2. The third kappa shape index (κ3) is 5.82. The molecule has 0 aromatic carbocycles. The molecule has 0 aliphatic rings. The van der Waals surface area contributed by atoms with Gasteiger partial charge in [0.25, 0.3) is 6.43 Å². The Hall–Kier alpha value is -0.750. The zero-order chi connectivity index (χ0) is 11.0. The lowest BCUT2D eigenvalue weighted by Gasteiger charge is -2.14. The molecular weight excluding hydrogens is 196 g/mol. The smallest absolute Gasteiger partial charge is 0.325 e. The van der Waals surface area contributed by atoms with Crippen molar-refractivity contribution in [1.29, 1.82) is 0 Å². The first-order valence-corrected chi connectivity index (χ1v) is 4.31. The zero-order valence-corrected chi connectivity index (χ0v) is 8.26. The van der Waals surface area contributed by atoms with E-state index in [1.807, 2.05) is 0 Å². The van der Waals surface area contributed by atoms with Gasteiger partial charge >= 0.3 is 5.97 Å². The molecule has 0 saturated heterocycles. The molecular formula is C8H15F2NO3. The highest BCUT2D eigenvalue weighted by Gasteiger charge is 2.18. The molecule has 1 N–H and O–H groups in total. The van der Waals surface area contributed by atoms with Gasteiger partial charge in [-0.15, -0.1) is 0 Å². The largest absolute Gasteiger partial charge is 0.465 e. The van der Waals surface area contributed by atoms with Gasteiger partial charge in [0.15, 0.2) is 0 Å². The number of carbonyl (C=O) groups is 1. The van der Waals surface area contributed by atoms with Crippen molar-refractivity contribution in [2.24, 2.45) is 0 Å². The summed E-state index contributed by atoms with van der Waals surface area (Å²) >= 11 is 0. The van der Waals surface area contributed by atoms with Gasteiger partial charge in [-0.05, 0) is 14.0 Å². The van der Waals surface area contributed by atoms with Gasteiger partial charge in [-0.1, -0.05) is 0 Å². The number of rotatable bonds is 7. The molecule has 0 rings (SSSR count). The number of ether oxygens (including phenoxy) is 2. The summed E-state index contributed by atoms with van der Waals surface area (Å²) in [6.07, 6.45) is -2.52. The van der Waals surface area contributed by atoms with Gasteiger partial charge in [-0.25, -0.2) is 8.78 Å². The summed E-state index contributed by atoms with van der Waals surface area (Å²) in [5.74, 6) is -0.496. The van der Waals surface area contributed by atoms with Crippen LogP contribution in [0.4, 0.5) is 8.78 Å². The zero-order valence-electron chi connectivity index (χ0n) is 8.26. The number of alkyl halides is 2. The van der Waals surface area contributed by atoms with Crippen LogP contribution in [-0.2, 0) is 14.3 Å². The number of hydrogen-bond acceptors (Lipinski definition) is 4. The number of halogens is 2. The van der Waals surface area contributed by atoms with E-state index in [2.05, 4.69) is 14.8 Å². The lowest BCUT2D eigenvalue weighted by Crippen LogP contribution is -2.40. The van der Waals surface area contributed by atoms with E-state index in [0.717, 1.165) is 0 Å². The summed E-state index contributed by atoms with van der Waals surface area (Å²) in [6.45, 7) is 1.15. The molecule has 0 radical (unpaired) electrons. The summed E-state index contributed by atoms with van der Waals surface area (Å²) < 4.78 is 32.6. The van der Waals surface area contributed by atoms with Crippen LogP contribution < -0.4 is 5.32 Å². The highest BCUT2D eigenvalue weighted by atomic mass is 19.3. The molecule has 0 aromatic rings. The van der Waals surface area contributed by atoms with Crippen LogP contribution in [0.25, 0.3) is 0 Å². The number of hydrogen-bond donors (Lipinski definition) is 1. The van der Waals surface area contributed by atoms with Gasteiger partial charge in [0.1, 0.15) is 12.6 Å². The lowest BCUT2D eigenvalue weighted by atomic mass is 10.3. The Morgan fingerprint density at radius 2 is 2.07 bits per heavy atom. The number of nitrogens with one attached hydrogen (secondary N) is 1. The third-order valence-corrected chi connectivity index (χ3v) is 1.45. The van der Waals surface area contributed by atoms with Crippen molar-refractivity contribution >= 4 is 5.97 Å². The molecule has 1 unspecified atom stereocenters. The predicted molar refractivity (Wildman–Crippen MR) is 46.3 cm³/mol. The molecule has 0 bridgehead atoms.